The zero-order valence-corrected chi connectivity index (χ0v) is 22.3. The minimum absolute atomic E-state index is 0.337. The van der Waals surface area contributed by atoms with Gasteiger partial charge in [-0.05, 0) is 25.0 Å². The van der Waals surface area contributed by atoms with Crippen LogP contribution in [0, 0.1) is 0 Å². The number of hydroxylamine groups is 1. The van der Waals surface area contributed by atoms with Crippen LogP contribution in [-0.2, 0) is 30.3 Å². The normalized spacial score (nSPS) is 20.3. The fourth-order valence-electron chi connectivity index (χ4n) is 4.74. The van der Waals surface area contributed by atoms with Crippen LogP contribution in [0.3, 0.4) is 0 Å². The lowest BCUT2D eigenvalue weighted by atomic mass is 9.98. The van der Waals surface area contributed by atoms with E-state index in [2.05, 4.69) is 10.5 Å². The molecule has 2 unspecified atom stereocenters. The first-order chi connectivity index (χ1) is 18.6. The standard InChI is InChI=1S/C27H28N4O5S2/c32-25(30-36-24-8-4-5-13-35-24)27(11-14-34-15-12-27)38(33)20-9-10-21-23(16-20)37-26(29-21)31-17-22(28-18-31)19-6-2-1-3-7-19/h1-3,6-7,9-10,16-18,24H,4-5,8,11-15H2,(H,30,32). The number of nitrogens with zero attached hydrogens (tertiary/aromatic N) is 3. The Balaban J connectivity index is 1.24. The van der Waals surface area contributed by atoms with E-state index in [0.717, 1.165) is 39.4 Å². The van der Waals surface area contributed by atoms with E-state index in [1.165, 1.54) is 11.3 Å². The molecule has 4 aromatic rings. The molecule has 0 spiro atoms. The maximum Gasteiger partial charge on any atom is 0.300 e. The number of hydrogen-bond acceptors (Lipinski definition) is 8. The number of aromatic nitrogens is 3. The average Bonchev–Trinajstić information content (AvgIpc) is 3.64. The molecule has 9 nitrogen and oxygen atoms in total. The first kappa shape index (κ1) is 25.5. The van der Waals surface area contributed by atoms with Crippen LogP contribution in [0.2, 0.25) is 0 Å². The number of ether oxygens (including phenoxy) is 2. The topological polar surface area (TPSA) is 111 Å². The smallest absolute Gasteiger partial charge is 0.300 e. The molecule has 11 heteroatoms. The van der Waals surface area contributed by atoms with E-state index in [0.29, 0.717) is 44.0 Å². The van der Waals surface area contributed by atoms with Gasteiger partial charge >= 0.3 is 0 Å². The van der Waals surface area contributed by atoms with Gasteiger partial charge in [0.15, 0.2) is 16.3 Å². The number of thiazole rings is 1. The first-order valence-corrected chi connectivity index (χ1v) is 14.7. The second-order valence-electron chi connectivity index (χ2n) is 9.38. The van der Waals surface area contributed by atoms with E-state index in [1.807, 2.05) is 53.2 Å². The van der Waals surface area contributed by atoms with Crippen molar-refractivity contribution in [1.29, 1.82) is 0 Å². The Morgan fingerprint density at radius 1 is 1.16 bits per heavy atom. The minimum Gasteiger partial charge on any atom is -0.611 e. The summed E-state index contributed by atoms with van der Waals surface area (Å²) < 4.78 is 26.7. The van der Waals surface area contributed by atoms with Gasteiger partial charge in [-0.15, -0.1) is 0 Å². The Bertz CT molecular complexity index is 1400. The molecule has 0 bridgehead atoms. The van der Waals surface area contributed by atoms with Gasteiger partial charge in [0.1, 0.15) is 6.33 Å². The fraction of sp³-hybridized carbons (Fsp3) is 0.370. The molecule has 0 aliphatic carbocycles. The van der Waals surface area contributed by atoms with E-state index in [9.17, 15) is 9.35 Å². The lowest BCUT2D eigenvalue weighted by Crippen LogP contribution is -2.56. The van der Waals surface area contributed by atoms with Gasteiger partial charge in [0.05, 0.1) is 29.1 Å². The zero-order valence-electron chi connectivity index (χ0n) is 20.7. The quantitative estimate of drug-likeness (QED) is 0.268. The summed E-state index contributed by atoms with van der Waals surface area (Å²) in [5, 5.41) is 0.761. The average molecular weight is 553 g/mol. The monoisotopic (exact) mass is 552 g/mol. The molecule has 2 aromatic carbocycles. The predicted octanol–water partition coefficient (Wildman–Crippen LogP) is 4.38. The maximum atomic E-state index is 14.0. The minimum atomic E-state index is -1.63. The molecule has 38 heavy (non-hydrogen) atoms. The summed E-state index contributed by atoms with van der Waals surface area (Å²) in [6.07, 6.45) is 6.57. The number of imidazole rings is 1. The number of benzene rings is 2. The van der Waals surface area contributed by atoms with Crippen molar-refractivity contribution in [3.05, 3.63) is 61.1 Å². The summed E-state index contributed by atoms with van der Waals surface area (Å²) in [7, 11) is 0. The van der Waals surface area contributed by atoms with Crippen molar-refractivity contribution in [1.82, 2.24) is 20.0 Å². The second-order valence-corrected chi connectivity index (χ2v) is 12.2. The number of carbonyl (C=O) groups is 1. The lowest BCUT2D eigenvalue weighted by Gasteiger charge is -2.36. The molecule has 6 rings (SSSR count). The molecule has 198 valence electrons. The highest BCUT2D eigenvalue weighted by atomic mass is 32.2. The molecule has 4 heterocycles. The van der Waals surface area contributed by atoms with Crippen molar-refractivity contribution in [3.63, 3.8) is 0 Å². The van der Waals surface area contributed by atoms with E-state index in [4.69, 9.17) is 19.3 Å². The van der Waals surface area contributed by atoms with E-state index < -0.39 is 28.1 Å². The number of rotatable bonds is 7. The van der Waals surface area contributed by atoms with E-state index >= 15 is 0 Å². The van der Waals surface area contributed by atoms with Gasteiger partial charge in [0, 0.05) is 54.9 Å². The Labute approximate surface area is 227 Å². The van der Waals surface area contributed by atoms with Gasteiger partial charge in [-0.1, -0.05) is 41.7 Å². The van der Waals surface area contributed by atoms with Crippen molar-refractivity contribution in [3.8, 4) is 16.4 Å². The third kappa shape index (κ3) is 5.09. The maximum absolute atomic E-state index is 14.0. The highest BCUT2D eigenvalue weighted by Gasteiger charge is 2.52. The summed E-state index contributed by atoms with van der Waals surface area (Å²) >= 11 is -0.146. The Morgan fingerprint density at radius 3 is 2.79 bits per heavy atom. The van der Waals surface area contributed by atoms with E-state index in [1.54, 1.807) is 12.4 Å². The molecule has 0 radical (unpaired) electrons. The molecule has 1 N–H and O–H groups in total. The number of hydrogen-bond donors (Lipinski definition) is 1. The Hall–Kier alpha value is -2.80. The number of nitrogens with one attached hydrogen (secondary N) is 1. The molecule has 2 aromatic heterocycles. The summed E-state index contributed by atoms with van der Waals surface area (Å²) in [4.78, 5) is 28.8. The lowest BCUT2D eigenvalue weighted by molar-refractivity contribution is -0.202. The SMILES string of the molecule is O=C(NOC1CCCCO1)C1([S+]([O-])c2ccc3nc(-n4cnc(-c5ccccc5)c4)sc3c2)CCOCC1. The Kier molecular flexibility index (Phi) is 7.46. The highest BCUT2D eigenvalue weighted by Crippen LogP contribution is 2.37. The van der Waals surface area contributed by atoms with E-state index in [-0.39, 0.29) is 0 Å². The van der Waals surface area contributed by atoms with Crippen molar-refractivity contribution >= 4 is 38.6 Å². The third-order valence-electron chi connectivity index (χ3n) is 6.93. The molecule has 2 atom stereocenters. The van der Waals surface area contributed by atoms with Crippen molar-refractivity contribution in [2.45, 2.75) is 48.0 Å². The van der Waals surface area contributed by atoms with Gasteiger partial charge in [-0.2, -0.15) is 0 Å². The molecule has 2 aliphatic rings. The highest BCUT2D eigenvalue weighted by molar-refractivity contribution is 7.93. The van der Waals surface area contributed by atoms with Gasteiger partial charge < -0.3 is 14.0 Å². The summed E-state index contributed by atoms with van der Waals surface area (Å²) in [5.74, 6) is -0.398. The summed E-state index contributed by atoms with van der Waals surface area (Å²) in [6, 6.07) is 15.5. The molecule has 2 fully saturated rings. The van der Waals surface area contributed by atoms with Crippen molar-refractivity contribution < 1.29 is 23.7 Å². The second kappa shape index (κ2) is 11.1. The summed E-state index contributed by atoms with van der Waals surface area (Å²) in [5.41, 5.74) is 5.25. The van der Waals surface area contributed by atoms with Gasteiger partial charge in [0.25, 0.3) is 5.91 Å². The Morgan fingerprint density at radius 2 is 2.00 bits per heavy atom. The number of amides is 1. The molecule has 1 amide bonds. The van der Waals surface area contributed by atoms with Crippen molar-refractivity contribution in [2.24, 2.45) is 0 Å². The summed E-state index contributed by atoms with van der Waals surface area (Å²) in [6.45, 7) is 1.32. The van der Waals surface area contributed by atoms with Gasteiger partial charge in [-0.3, -0.25) is 9.36 Å². The van der Waals surface area contributed by atoms with Gasteiger partial charge in [0.2, 0.25) is 4.75 Å². The van der Waals surface area contributed by atoms with Crippen LogP contribution in [0.15, 0.2) is 66.0 Å². The molecular weight excluding hydrogens is 524 g/mol. The van der Waals surface area contributed by atoms with Gasteiger partial charge in [-0.25, -0.2) is 20.3 Å². The third-order valence-corrected chi connectivity index (χ3v) is 9.94. The largest absolute Gasteiger partial charge is 0.611 e. The molecule has 0 saturated carbocycles. The fourth-order valence-corrected chi connectivity index (χ4v) is 7.38. The van der Waals surface area contributed by atoms with Crippen LogP contribution in [0.5, 0.6) is 0 Å². The molecular formula is C27H28N4O5S2. The van der Waals surface area contributed by atoms with Crippen LogP contribution in [-0.4, -0.2) is 55.9 Å². The van der Waals surface area contributed by atoms with Crippen LogP contribution in [0.4, 0.5) is 0 Å². The van der Waals surface area contributed by atoms with Crippen LogP contribution >= 0.6 is 11.3 Å². The number of fused-ring (bicyclic) bond motifs is 1. The van der Waals surface area contributed by atoms with Crippen LogP contribution < -0.4 is 5.48 Å². The zero-order chi connectivity index (χ0) is 26.0. The van der Waals surface area contributed by atoms with Crippen LogP contribution in [0.25, 0.3) is 26.6 Å². The predicted molar refractivity (Wildman–Crippen MR) is 144 cm³/mol. The molecule has 2 saturated heterocycles. The molecule has 2 aliphatic heterocycles. The first-order valence-electron chi connectivity index (χ1n) is 12.7. The number of carbonyl (C=O) groups excluding carboxylic acids is 1. The van der Waals surface area contributed by atoms with Crippen LogP contribution in [0.1, 0.15) is 32.1 Å². The van der Waals surface area contributed by atoms with Crippen molar-refractivity contribution in [2.75, 3.05) is 19.8 Å².